The number of benzene rings is 4. The smallest absolute Gasteiger partial charge is 0.274 e. The van der Waals surface area contributed by atoms with Gasteiger partial charge in [-0.15, -0.1) is 11.6 Å². The van der Waals surface area contributed by atoms with Crippen LogP contribution in [0.2, 0.25) is 0 Å². The molecule has 60 heavy (non-hydrogen) atoms. The molecule has 0 spiro atoms. The molecule has 0 aliphatic carbocycles. The van der Waals surface area contributed by atoms with Crippen molar-refractivity contribution in [1.29, 1.82) is 0 Å². The number of phenols is 1. The third-order valence-electron chi connectivity index (χ3n) is 9.31. The largest absolute Gasteiger partial charge is 0.507 e. The molecular formula is C49H65ClN4O6. The molecule has 2 aromatic heterocycles. The molecule has 0 atom stereocenters. The van der Waals surface area contributed by atoms with Crippen LogP contribution in [0.1, 0.15) is 99.3 Å². The Morgan fingerprint density at radius 2 is 1.47 bits per heavy atom. The maximum atomic E-state index is 13.5. The highest BCUT2D eigenvalue weighted by atomic mass is 35.5. The number of aromatic amines is 1. The second kappa shape index (κ2) is 25.3. The molecule has 6 aromatic rings. The highest BCUT2D eigenvalue weighted by Gasteiger charge is 2.29. The van der Waals surface area contributed by atoms with Crippen molar-refractivity contribution in [3.63, 3.8) is 0 Å². The van der Waals surface area contributed by atoms with E-state index in [0.29, 0.717) is 64.9 Å². The number of anilines is 2. The molecule has 3 heterocycles. The molecule has 2 amide bonds. The lowest BCUT2D eigenvalue weighted by Gasteiger charge is -2.25. The van der Waals surface area contributed by atoms with Gasteiger partial charge in [-0.2, -0.15) is 0 Å². The lowest BCUT2D eigenvalue weighted by molar-refractivity contribution is 0.0765. The van der Waals surface area contributed by atoms with Crippen molar-refractivity contribution in [1.82, 2.24) is 9.97 Å². The Morgan fingerprint density at radius 1 is 0.900 bits per heavy atom. The fourth-order valence-electron chi connectivity index (χ4n) is 5.98. The maximum absolute atomic E-state index is 13.5. The summed E-state index contributed by atoms with van der Waals surface area (Å²) in [6, 6.07) is 27.9. The molecule has 4 N–H and O–H groups in total. The standard InChI is InChI=1S/C32H30N4O5.C8H10.C4H10O.2C2H6.CH3Cl/c1-32(2,12-14-37)41-22-9-7-19(8-10-22)30(39)34-21-15-20-16-26(35-29(20)33-18-21)31(40)36-13-11-24-23-5-3-4-6-25(23)28(38)17-27(24)36;1-7-5-3-4-6-8(7)2;1-4(2)5-3;3*1-2/h3-10,15-18,37-38H,11-14H2,1-2H3,(H,33,35)(H,34,39);3-6H,1-2H3;4H,1-3H3;2*1-2H3;1H3. The number of carbonyl (C=O) groups excluding carboxylic acids is 2. The lowest BCUT2D eigenvalue weighted by Crippen LogP contribution is -2.29. The van der Waals surface area contributed by atoms with E-state index in [1.165, 1.54) is 23.7 Å². The van der Waals surface area contributed by atoms with E-state index in [1.807, 2.05) is 79.7 Å². The van der Waals surface area contributed by atoms with Gasteiger partial charge in [0.2, 0.25) is 0 Å². The Bertz CT molecular complexity index is 2210. The number of aliphatic hydroxyl groups is 1. The number of phenolic OH excluding ortho intramolecular Hbond substituents is 1. The van der Waals surface area contributed by atoms with Gasteiger partial charge in [0.15, 0.2) is 0 Å². The maximum Gasteiger partial charge on any atom is 0.274 e. The first-order valence-corrected chi connectivity index (χ1v) is 21.2. The number of aromatic nitrogens is 2. The summed E-state index contributed by atoms with van der Waals surface area (Å²) in [5, 5.41) is 25.0. The predicted octanol–water partition coefficient (Wildman–Crippen LogP) is 11.7. The van der Waals surface area contributed by atoms with Crippen LogP contribution < -0.4 is 15.0 Å². The van der Waals surface area contributed by atoms with Crippen molar-refractivity contribution in [2.45, 2.75) is 93.8 Å². The number of fused-ring (bicyclic) bond motifs is 4. The molecule has 7 rings (SSSR count). The number of aromatic hydroxyl groups is 1. The minimum atomic E-state index is -0.523. The number of halogens is 1. The molecule has 1 aliphatic heterocycles. The summed E-state index contributed by atoms with van der Waals surface area (Å²) in [5.74, 6) is 0.230. The van der Waals surface area contributed by atoms with Crippen molar-refractivity contribution in [3.05, 3.63) is 125 Å². The second-order valence-electron chi connectivity index (χ2n) is 14.2. The number of aryl methyl sites for hydroxylation is 2. The molecular weight excluding hydrogens is 776 g/mol. The fourth-order valence-corrected chi connectivity index (χ4v) is 5.98. The normalized spacial score (nSPS) is 11.2. The third kappa shape index (κ3) is 14.1. The Balaban J connectivity index is 0.000000549. The molecule has 0 saturated heterocycles. The number of hydrogen-bond acceptors (Lipinski definition) is 7. The van der Waals surface area contributed by atoms with Gasteiger partial charge in [0.05, 0.1) is 23.7 Å². The molecule has 4 aromatic carbocycles. The number of hydrogen-bond donors (Lipinski definition) is 4. The van der Waals surface area contributed by atoms with Crippen molar-refractivity contribution in [2.24, 2.45) is 0 Å². The summed E-state index contributed by atoms with van der Waals surface area (Å²) >= 11 is 4.64. The number of aliphatic hydroxyl groups excluding tert-OH is 1. The Morgan fingerprint density at radius 3 is 2.02 bits per heavy atom. The predicted molar refractivity (Wildman–Crippen MR) is 250 cm³/mol. The summed E-state index contributed by atoms with van der Waals surface area (Å²) in [5.41, 5.74) is 5.80. The number of carbonyl (C=O) groups is 2. The number of rotatable bonds is 8. The first-order chi connectivity index (χ1) is 28.8. The van der Waals surface area contributed by atoms with Gasteiger partial charge in [-0.05, 0) is 106 Å². The monoisotopic (exact) mass is 840 g/mol. The molecule has 11 heteroatoms. The van der Waals surface area contributed by atoms with E-state index in [2.05, 4.69) is 65.0 Å². The van der Waals surface area contributed by atoms with E-state index in [0.717, 1.165) is 16.3 Å². The number of alkyl halides is 1. The number of amides is 2. The van der Waals surface area contributed by atoms with Crippen LogP contribution in [0, 0.1) is 13.8 Å². The van der Waals surface area contributed by atoms with Crippen LogP contribution in [0.4, 0.5) is 11.4 Å². The highest BCUT2D eigenvalue weighted by Crippen LogP contribution is 2.40. The van der Waals surface area contributed by atoms with Crippen molar-refractivity contribution in [3.8, 4) is 11.5 Å². The van der Waals surface area contributed by atoms with E-state index >= 15 is 0 Å². The lowest BCUT2D eigenvalue weighted by atomic mass is 10.0. The molecule has 0 radical (unpaired) electrons. The van der Waals surface area contributed by atoms with Crippen LogP contribution in [-0.2, 0) is 11.2 Å². The van der Waals surface area contributed by atoms with Crippen LogP contribution in [0.25, 0.3) is 21.8 Å². The zero-order valence-electron chi connectivity index (χ0n) is 37.4. The zero-order chi connectivity index (χ0) is 45.0. The van der Waals surface area contributed by atoms with Gasteiger partial charge in [0.25, 0.3) is 11.8 Å². The summed E-state index contributed by atoms with van der Waals surface area (Å²) in [6.07, 6.45) is 4.58. The Labute approximate surface area is 361 Å². The van der Waals surface area contributed by atoms with E-state index in [1.54, 1.807) is 54.5 Å². The summed E-state index contributed by atoms with van der Waals surface area (Å²) < 4.78 is 10.6. The SMILES string of the molecule is CC.CC.CC(C)(CCO)Oc1ccc(C(=O)Nc2cnc3[nH]c(C(=O)N4CCc5c4cc(O)c4ccccc54)cc3c2)cc1.CCl.COC(C)C.Cc1ccccc1C. The first-order valence-electron chi connectivity index (χ1n) is 20.5. The number of ether oxygens (including phenoxy) is 2. The van der Waals surface area contributed by atoms with Crippen LogP contribution in [0.5, 0.6) is 11.5 Å². The molecule has 10 nitrogen and oxygen atoms in total. The van der Waals surface area contributed by atoms with Gasteiger partial charge < -0.3 is 34.9 Å². The van der Waals surface area contributed by atoms with Crippen LogP contribution in [0.15, 0.2) is 97.2 Å². The van der Waals surface area contributed by atoms with E-state index in [4.69, 9.17) is 9.47 Å². The molecule has 0 saturated carbocycles. The molecule has 324 valence electrons. The van der Waals surface area contributed by atoms with E-state index < -0.39 is 5.60 Å². The molecule has 1 aliphatic rings. The second-order valence-corrected chi connectivity index (χ2v) is 14.2. The average molecular weight is 842 g/mol. The summed E-state index contributed by atoms with van der Waals surface area (Å²) in [4.78, 5) is 35.6. The molecule has 0 unspecified atom stereocenters. The highest BCUT2D eigenvalue weighted by molar-refractivity contribution is 6.15. The van der Waals surface area contributed by atoms with Gasteiger partial charge >= 0.3 is 0 Å². The zero-order valence-corrected chi connectivity index (χ0v) is 38.2. The molecule has 0 bridgehead atoms. The van der Waals surface area contributed by atoms with Gasteiger partial charge in [0, 0.05) is 55.5 Å². The number of H-pyrrole nitrogens is 1. The minimum absolute atomic E-state index is 0.0247. The van der Waals surface area contributed by atoms with Crippen LogP contribution >= 0.6 is 11.6 Å². The topological polar surface area (TPSA) is 137 Å². The Hall–Kier alpha value is -5.42. The van der Waals surface area contributed by atoms with Crippen molar-refractivity contribution < 1.29 is 29.3 Å². The Kier molecular flexibility index (Phi) is 21.4. The van der Waals surface area contributed by atoms with Gasteiger partial charge in [-0.1, -0.05) is 76.2 Å². The van der Waals surface area contributed by atoms with Gasteiger partial charge in [-0.3, -0.25) is 9.59 Å². The number of nitrogens with zero attached hydrogens (tertiary/aromatic N) is 2. The average Bonchev–Trinajstić information content (AvgIpc) is 3.89. The van der Waals surface area contributed by atoms with Crippen molar-refractivity contribution >= 4 is 56.6 Å². The van der Waals surface area contributed by atoms with Gasteiger partial charge in [0.1, 0.15) is 28.4 Å². The minimum Gasteiger partial charge on any atom is -0.507 e. The summed E-state index contributed by atoms with van der Waals surface area (Å²) in [7, 11) is 1.70. The first kappa shape index (κ1) is 50.7. The molecule has 0 fully saturated rings. The number of pyridine rings is 1. The summed E-state index contributed by atoms with van der Waals surface area (Å²) in [6.45, 7) is 20.6. The van der Waals surface area contributed by atoms with Crippen LogP contribution in [-0.4, -0.2) is 70.3 Å². The fraction of sp³-hybridized carbons (Fsp3) is 0.367. The number of methoxy groups -OCH3 is 1. The van der Waals surface area contributed by atoms with Crippen LogP contribution in [0.3, 0.4) is 0 Å². The third-order valence-corrected chi connectivity index (χ3v) is 9.31. The quantitative estimate of drug-likeness (QED) is 0.112. The number of nitrogens with one attached hydrogen (secondary N) is 2. The van der Waals surface area contributed by atoms with E-state index in [-0.39, 0.29) is 24.2 Å². The van der Waals surface area contributed by atoms with Crippen molar-refractivity contribution in [2.75, 3.05) is 36.9 Å². The van der Waals surface area contributed by atoms with Gasteiger partial charge in [-0.25, -0.2) is 4.98 Å². The van der Waals surface area contributed by atoms with E-state index in [9.17, 15) is 19.8 Å².